The first-order valence-corrected chi connectivity index (χ1v) is 9.09. The van der Waals surface area contributed by atoms with Crippen molar-refractivity contribution in [3.05, 3.63) is 51.7 Å². The molecule has 0 saturated carbocycles. The molecule has 0 bridgehead atoms. The van der Waals surface area contributed by atoms with Gasteiger partial charge in [-0.1, -0.05) is 18.2 Å². The Morgan fingerprint density at radius 3 is 2.79 bits per heavy atom. The van der Waals surface area contributed by atoms with Crippen LogP contribution >= 0.6 is 11.3 Å². The van der Waals surface area contributed by atoms with E-state index in [4.69, 9.17) is 4.74 Å². The van der Waals surface area contributed by atoms with E-state index in [1.807, 2.05) is 7.05 Å². The summed E-state index contributed by atoms with van der Waals surface area (Å²) in [5.74, 6) is 1.88. The van der Waals surface area contributed by atoms with Crippen molar-refractivity contribution in [1.29, 1.82) is 0 Å². The van der Waals surface area contributed by atoms with Crippen LogP contribution < -0.4 is 10.1 Å². The van der Waals surface area contributed by atoms with Gasteiger partial charge in [0.25, 0.3) is 0 Å². The Morgan fingerprint density at radius 2 is 2.12 bits per heavy atom. The highest BCUT2D eigenvalue weighted by atomic mass is 32.1. The van der Waals surface area contributed by atoms with Crippen molar-refractivity contribution < 1.29 is 4.74 Å². The van der Waals surface area contributed by atoms with Gasteiger partial charge in [0.1, 0.15) is 5.75 Å². The van der Waals surface area contributed by atoms with Crippen LogP contribution in [0.4, 0.5) is 0 Å². The molecular weight excluding hydrogens is 318 g/mol. The number of likely N-dealkylation sites (N-methyl/N-ethyl adjacent to an activating group) is 1. The average molecular weight is 346 g/mol. The molecule has 0 unspecified atom stereocenters. The average Bonchev–Trinajstić information content (AvgIpc) is 3.11. The van der Waals surface area contributed by atoms with Crippen LogP contribution in [0.3, 0.4) is 0 Å². The summed E-state index contributed by atoms with van der Waals surface area (Å²) in [4.78, 5) is 7.96. The first kappa shape index (κ1) is 18.3. The predicted molar refractivity (Wildman–Crippen MR) is 103 cm³/mol. The lowest BCUT2D eigenvalue weighted by Crippen LogP contribution is -2.40. The number of rotatable bonds is 7. The Balaban J connectivity index is 1.80. The molecule has 2 rings (SSSR count). The molecule has 24 heavy (non-hydrogen) atoms. The second kappa shape index (κ2) is 9.33. The van der Waals surface area contributed by atoms with Crippen LogP contribution in [0.15, 0.2) is 40.7 Å². The second-order valence-electron chi connectivity index (χ2n) is 5.78. The molecule has 0 fully saturated rings. The number of benzene rings is 1. The number of ether oxygens (including phenoxy) is 1. The Bertz CT molecular complexity index is 653. The van der Waals surface area contributed by atoms with Crippen LogP contribution in [0, 0.1) is 6.92 Å². The summed E-state index contributed by atoms with van der Waals surface area (Å²) < 4.78 is 5.39. The fraction of sp³-hybridized carbons (Fsp3) is 0.421. The summed E-state index contributed by atoms with van der Waals surface area (Å²) in [5, 5.41) is 5.56. The number of nitrogens with zero attached hydrogens (tertiary/aromatic N) is 2. The highest BCUT2D eigenvalue weighted by Gasteiger charge is 2.06. The molecule has 1 aromatic heterocycles. The van der Waals surface area contributed by atoms with E-state index in [9.17, 15) is 0 Å². The molecule has 0 amide bonds. The number of guanidine groups is 1. The second-order valence-corrected chi connectivity index (χ2v) is 6.81. The van der Waals surface area contributed by atoms with Gasteiger partial charge in [0.2, 0.25) is 0 Å². The molecule has 0 radical (unpaired) electrons. The molecule has 1 aromatic carbocycles. The third kappa shape index (κ3) is 5.27. The SMILES string of the molecule is CN=C(NCCc1ccc(C)c(OC)c1)N(C)CCc1cccs1. The zero-order valence-corrected chi connectivity index (χ0v) is 15.8. The van der Waals surface area contributed by atoms with Crippen molar-refractivity contribution in [2.75, 3.05) is 34.3 Å². The van der Waals surface area contributed by atoms with Gasteiger partial charge in [-0.25, -0.2) is 0 Å². The molecule has 130 valence electrons. The summed E-state index contributed by atoms with van der Waals surface area (Å²) in [6.45, 7) is 3.87. The topological polar surface area (TPSA) is 36.9 Å². The molecule has 4 nitrogen and oxygen atoms in total. The fourth-order valence-electron chi connectivity index (χ4n) is 2.56. The third-order valence-corrected chi connectivity index (χ3v) is 4.95. The van der Waals surface area contributed by atoms with Crippen LogP contribution in [0.25, 0.3) is 0 Å². The quantitative estimate of drug-likeness (QED) is 0.617. The highest BCUT2D eigenvalue weighted by Crippen LogP contribution is 2.19. The van der Waals surface area contributed by atoms with Crippen LogP contribution in [-0.2, 0) is 12.8 Å². The van der Waals surface area contributed by atoms with Crippen LogP contribution in [-0.4, -0.2) is 45.2 Å². The number of methoxy groups -OCH3 is 1. The van der Waals surface area contributed by atoms with E-state index in [0.29, 0.717) is 0 Å². The standard InChI is InChI=1S/C19H27N3OS/c1-15-7-8-16(14-18(15)23-4)9-11-21-19(20-2)22(3)12-10-17-6-5-13-24-17/h5-8,13-14H,9-12H2,1-4H3,(H,20,21). The Labute approximate surface area is 149 Å². The summed E-state index contributed by atoms with van der Waals surface area (Å²) in [5.41, 5.74) is 2.43. The molecule has 1 N–H and O–H groups in total. The Morgan fingerprint density at radius 1 is 1.29 bits per heavy atom. The predicted octanol–water partition coefficient (Wildman–Crippen LogP) is 3.36. The van der Waals surface area contributed by atoms with E-state index in [1.165, 1.54) is 16.0 Å². The number of thiophene rings is 1. The highest BCUT2D eigenvalue weighted by molar-refractivity contribution is 7.09. The van der Waals surface area contributed by atoms with Gasteiger partial charge in [-0.2, -0.15) is 0 Å². The minimum atomic E-state index is 0.849. The molecule has 0 aliphatic carbocycles. The molecule has 0 spiro atoms. The van der Waals surface area contributed by atoms with E-state index in [-0.39, 0.29) is 0 Å². The van der Waals surface area contributed by atoms with E-state index < -0.39 is 0 Å². The minimum absolute atomic E-state index is 0.849. The molecule has 0 aliphatic heterocycles. The van der Waals surface area contributed by atoms with Gasteiger partial charge in [-0.15, -0.1) is 11.3 Å². The number of aryl methyl sites for hydroxylation is 1. The van der Waals surface area contributed by atoms with Crippen molar-refractivity contribution in [2.45, 2.75) is 19.8 Å². The normalized spacial score (nSPS) is 11.4. The van der Waals surface area contributed by atoms with Crippen molar-refractivity contribution in [3.63, 3.8) is 0 Å². The molecule has 0 aliphatic rings. The van der Waals surface area contributed by atoms with Gasteiger partial charge in [0, 0.05) is 32.1 Å². The van der Waals surface area contributed by atoms with E-state index >= 15 is 0 Å². The first-order chi connectivity index (χ1) is 11.6. The lowest BCUT2D eigenvalue weighted by atomic mass is 10.1. The molecule has 2 aromatic rings. The molecule has 0 atom stereocenters. The summed E-state index contributed by atoms with van der Waals surface area (Å²) in [7, 11) is 5.63. The Kier molecular flexibility index (Phi) is 7.12. The van der Waals surface area contributed by atoms with Gasteiger partial charge in [-0.05, 0) is 48.4 Å². The van der Waals surface area contributed by atoms with Gasteiger partial charge in [0.15, 0.2) is 5.96 Å². The zero-order valence-electron chi connectivity index (χ0n) is 15.0. The van der Waals surface area contributed by atoms with Crippen LogP contribution in [0.2, 0.25) is 0 Å². The largest absolute Gasteiger partial charge is 0.496 e. The number of hydrogen-bond donors (Lipinski definition) is 1. The van der Waals surface area contributed by atoms with Crippen LogP contribution in [0.5, 0.6) is 5.75 Å². The van der Waals surface area contributed by atoms with Crippen molar-refractivity contribution >= 4 is 17.3 Å². The monoisotopic (exact) mass is 345 g/mol. The Hall–Kier alpha value is -2.01. The molecular formula is C19H27N3OS. The number of hydrogen-bond acceptors (Lipinski definition) is 3. The summed E-state index contributed by atoms with van der Waals surface area (Å²) in [6.07, 6.45) is 1.98. The molecule has 5 heteroatoms. The van der Waals surface area contributed by atoms with Crippen molar-refractivity contribution in [1.82, 2.24) is 10.2 Å². The van der Waals surface area contributed by atoms with Gasteiger partial charge in [-0.3, -0.25) is 4.99 Å². The molecule has 1 heterocycles. The third-order valence-electron chi connectivity index (χ3n) is 4.02. The van der Waals surface area contributed by atoms with Crippen LogP contribution in [0.1, 0.15) is 16.0 Å². The maximum Gasteiger partial charge on any atom is 0.193 e. The summed E-state index contributed by atoms with van der Waals surface area (Å²) >= 11 is 1.81. The zero-order chi connectivity index (χ0) is 17.4. The summed E-state index contributed by atoms with van der Waals surface area (Å²) in [6, 6.07) is 10.7. The number of aliphatic imine (C=N–C) groups is 1. The lowest BCUT2D eigenvalue weighted by Gasteiger charge is -2.22. The van der Waals surface area contributed by atoms with Gasteiger partial charge < -0.3 is 15.0 Å². The van der Waals surface area contributed by atoms with Crippen molar-refractivity contribution in [3.8, 4) is 5.75 Å². The first-order valence-electron chi connectivity index (χ1n) is 8.21. The van der Waals surface area contributed by atoms with Gasteiger partial charge >= 0.3 is 0 Å². The lowest BCUT2D eigenvalue weighted by molar-refractivity contribution is 0.411. The maximum atomic E-state index is 5.39. The van der Waals surface area contributed by atoms with Gasteiger partial charge in [0.05, 0.1) is 7.11 Å². The smallest absolute Gasteiger partial charge is 0.193 e. The van der Waals surface area contributed by atoms with E-state index in [1.54, 1.807) is 18.4 Å². The van der Waals surface area contributed by atoms with E-state index in [0.717, 1.165) is 37.6 Å². The number of nitrogens with one attached hydrogen (secondary N) is 1. The minimum Gasteiger partial charge on any atom is -0.496 e. The van der Waals surface area contributed by atoms with Crippen molar-refractivity contribution in [2.24, 2.45) is 4.99 Å². The maximum absolute atomic E-state index is 5.39. The molecule has 0 saturated heterocycles. The van der Waals surface area contributed by atoms with E-state index in [2.05, 4.69) is 64.9 Å². The fourth-order valence-corrected chi connectivity index (χ4v) is 3.26.